The number of hydrogen-bond donors (Lipinski definition) is 2. The van der Waals surface area contributed by atoms with E-state index in [4.69, 9.17) is 16.7 Å². The fourth-order valence-corrected chi connectivity index (χ4v) is 1.26. The smallest absolute Gasteiger partial charge is 0.0640 e. The van der Waals surface area contributed by atoms with Crippen molar-refractivity contribution in [2.45, 2.75) is 6.92 Å². The quantitative estimate of drug-likeness (QED) is 0.756. The van der Waals surface area contributed by atoms with Crippen molar-refractivity contribution in [2.24, 2.45) is 0 Å². The summed E-state index contributed by atoms with van der Waals surface area (Å²) in [6, 6.07) is 5.78. The lowest BCUT2D eigenvalue weighted by Crippen LogP contribution is -2.05. The highest BCUT2D eigenvalue weighted by atomic mass is 35.5. The lowest BCUT2D eigenvalue weighted by Gasteiger charge is -2.06. The number of aryl methyl sites for hydroxylation is 1. The molecule has 0 saturated heterocycles. The molecule has 1 aromatic carbocycles. The second kappa shape index (κ2) is 4.33. The van der Waals surface area contributed by atoms with Crippen molar-refractivity contribution in [2.75, 3.05) is 18.5 Å². The monoisotopic (exact) mass is 185 g/mol. The van der Waals surface area contributed by atoms with Crippen molar-refractivity contribution in [3.05, 3.63) is 28.8 Å². The maximum absolute atomic E-state index is 8.57. The number of rotatable bonds is 3. The Labute approximate surface area is 77.2 Å². The Kier molecular flexibility index (Phi) is 3.38. The minimum Gasteiger partial charge on any atom is -0.395 e. The summed E-state index contributed by atoms with van der Waals surface area (Å²) in [4.78, 5) is 0. The molecule has 0 aromatic heterocycles. The lowest BCUT2D eigenvalue weighted by molar-refractivity contribution is 0.311. The summed E-state index contributed by atoms with van der Waals surface area (Å²) in [5, 5.41) is 12.3. The van der Waals surface area contributed by atoms with Crippen LogP contribution in [0.5, 0.6) is 0 Å². The third-order valence-corrected chi connectivity index (χ3v) is 1.86. The third kappa shape index (κ3) is 2.40. The largest absolute Gasteiger partial charge is 0.395 e. The van der Waals surface area contributed by atoms with Crippen molar-refractivity contribution in [1.29, 1.82) is 0 Å². The molecule has 12 heavy (non-hydrogen) atoms. The Morgan fingerprint density at radius 2 is 2.25 bits per heavy atom. The summed E-state index contributed by atoms with van der Waals surface area (Å²) < 4.78 is 0. The van der Waals surface area contributed by atoms with Gasteiger partial charge in [-0.15, -0.1) is 0 Å². The molecule has 0 aliphatic rings. The van der Waals surface area contributed by atoms with E-state index in [9.17, 15) is 0 Å². The Bertz CT molecular complexity index is 263. The third-order valence-electron chi connectivity index (χ3n) is 1.55. The molecular formula is C9H12ClNO. The van der Waals surface area contributed by atoms with E-state index in [-0.39, 0.29) is 6.61 Å². The summed E-state index contributed by atoms with van der Waals surface area (Å²) in [5.41, 5.74) is 2.01. The van der Waals surface area contributed by atoms with Crippen LogP contribution < -0.4 is 5.32 Å². The van der Waals surface area contributed by atoms with Gasteiger partial charge in [0.2, 0.25) is 0 Å². The van der Waals surface area contributed by atoms with Crippen molar-refractivity contribution < 1.29 is 5.11 Å². The van der Waals surface area contributed by atoms with Crippen LogP contribution in [0.25, 0.3) is 0 Å². The zero-order valence-electron chi connectivity index (χ0n) is 6.97. The van der Waals surface area contributed by atoms with Gasteiger partial charge in [-0.2, -0.15) is 0 Å². The predicted octanol–water partition coefficient (Wildman–Crippen LogP) is 2.05. The summed E-state index contributed by atoms with van der Waals surface area (Å²) in [5.74, 6) is 0. The Balaban J connectivity index is 2.72. The van der Waals surface area contributed by atoms with E-state index < -0.39 is 0 Å². The number of nitrogens with one attached hydrogen (secondary N) is 1. The Morgan fingerprint density at radius 3 is 2.83 bits per heavy atom. The van der Waals surface area contributed by atoms with Gasteiger partial charge in [-0.05, 0) is 24.6 Å². The topological polar surface area (TPSA) is 32.3 Å². The Morgan fingerprint density at radius 1 is 1.50 bits per heavy atom. The van der Waals surface area contributed by atoms with Crippen LogP contribution >= 0.6 is 11.6 Å². The fraction of sp³-hybridized carbons (Fsp3) is 0.333. The first-order valence-electron chi connectivity index (χ1n) is 3.85. The van der Waals surface area contributed by atoms with Crippen LogP contribution in [0, 0.1) is 6.92 Å². The van der Waals surface area contributed by atoms with E-state index in [2.05, 4.69) is 5.32 Å². The van der Waals surface area contributed by atoms with Crippen molar-refractivity contribution >= 4 is 17.3 Å². The number of benzene rings is 1. The molecule has 0 unspecified atom stereocenters. The minimum atomic E-state index is 0.115. The van der Waals surface area contributed by atoms with Crippen LogP contribution in [0.1, 0.15) is 5.56 Å². The molecular weight excluding hydrogens is 174 g/mol. The van der Waals surface area contributed by atoms with Crippen molar-refractivity contribution in [1.82, 2.24) is 0 Å². The molecule has 3 heteroatoms. The van der Waals surface area contributed by atoms with Gasteiger partial charge < -0.3 is 10.4 Å². The van der Waals surface area contributed by atoms with Gasteiger partial charge in [0.05, 0.1) is 17.3 Å². The highest BCUT2D eigenvalue weighted by Crippen LogP contribution is 2.22. The second-order valence-electron chi connectivity index (χ2n) is 2.63. The van der Waals surface area contributed by atoms with E-state index in [1.54, 1.807) is 0 Å². The molecule has 0 radical (unpaired) electrons. The summed E-state index contributed by atoms with van der Waals surface area (Å²) in [7, 11) is 0. The standard InChI is InChI=1S/C9H12ClNO/c1-7-2-3-9(8(10)6-7)11-4-5-12/h2-3,6,11-12H,4-5H2,1H3. The van der Waals surface area contributed by atoms with Gasteiger partial charge in [-0.1, -0.05) is 17.7 Å². The van der Waals surface area contributed by atoms with Gasteiger partial charge in [-0.25, -0.2) is 0 Å². The fourth-order valence-electron chi connectivity index (χ4n) is 0.954. The number of aliphatic hydroxyl groups excluding tert-OH is 1. The summed E-state index contributed by atoms with van der Waals surface area (Å²) in [6.45, 7) is 2.63. The molecule has 1 rings (SSSR count). The van der Waals surface area contributed by atoms with Gasteiger partial charge in [-0.3, -0.25) is 0 Å². The molecule has 0 aliphatic carbocycles. The first-order valence-corrected chi connectivity index (χ1v) is 4.22. The molecule has 0 fully saturated rings. The first kappa shape index (κ1) is 9.36. The molecule has 2 N–H and O–H groups in total. The number of anilines is 1. The van der Waals surface area contributed by atoms with Gasteiger partial charge in [0.25, 0.3) is 0 Å². The lowest BCUT2D eigenvalue weighted by atomic mass is 10.2. The van der Waals surface area contributed by atoms with Gasteiger partial charge in [0, 0.05) is 6.54 Å². The van der Waals surface area contributed by atoms with Crippen LogP contribution in [0.3, 0.4) is 0 Å². The highest BCUT2D eigenvalue weighted by Gasteiger charge is 1.97. The molecule has 0 amide bonds. The molecule has 0 spiro atoms. The zero-order valence-corrected chi connectivity index (χ0v) is 7.73. The summed E-state index contributed by atoms with van der Waals surface area (Å²) in [6.07, 6.45) is 0. The Hall–Kier alpha value is -0.730. The summed E-state index contributed by atoms with van der Waals surface area (Å²) >= 11 is 5.92. The SMILES string of the molecule is Cc1ccc(NCCO)c(Cl)c1. The van der Waals surface area contributed by atoms with Gasteiger partial charge in [0.15, 0.2) is 0 Å². The number of hydrogen-bond acceptors (Lipinski definition) is 2. The number of aliphatic hydroxyl groups is 1. The van der Waals surface area contributed by atoms with Crippen LogP contribution in [0.15, 0.2) is 18.2 Å². The van der Waals surface area contributed by atoms with Crippen LogP contribution in [0.4, 0.5) is 5.69 Å². The van der Waals surface area contributed by atoms with Crippen molar-refractivity contribution in [3.63, 3.8) is 0 Å². The minimum absolute atomic E-state index is 0.115. The second-order valence-corrected chi connectivity index (χ2v) is 3.04. The van der Waals surface area contributed by atoms with E-state index in [0.29, 0.717) is 11.6 Å². The van der Waals surface area contributed by atoms with Gasteiger partial charge >= 0.3 is 0 Å². The average molecular weight is 186 g/mol. The molecule has 66 valence electrons. The zero-order chi connectivity index (χ0) is 8.97. The maximum atomic E-state index is 8.57. The van der Waals surface area contributed by atoms with Crippen LogP contribution in [-0.2, 0) is 0 Å². The average Bonchev–Trinajstić information content (AvgIpc) is 2.03. The predicted molar refractivity (Wildman–Crippen MR) is 51.8 cm³/mol. The normalized spacial score (nSPS) is 9.92. The molecule has 0 aliphatic heterocycles. The number of halogens is 1. The molecule has 1 aromatic rings. The highest BCUT2D eigenvalue weighted by molar-refractivity contribution is 6.33. The molecule has 0 saturated carbocycles. The van der Waals surface area contributed by atoms with E-state index in [1.165, 1.54) is 0 Å². The maximum Gasteiger partial charge on any atom is 0.0640 e. The first-order chi connectivity index (χ1) is 5.74. The van der Waals surface area contributed by atoms with Gasteiger partial charge in [0.1, 0.15) is 0 Å². The molecule has 2 nitrogen and oxygen atoms in total. The molecule has 0 bridgehead atoms. The molecule has 0 heterocycles. The molecule has 0 atom stereocenters. The van der Waals surface area contributed by atoms with Crippen LogP contribution in [0.2, 0.25) is 5.02 Å². The van der Waals surface area contributed by atoms with E-state index in [1.807, 2.05) is 25.1 Å². The van der Waals surface area contributed by atoms with Crippen LogP contribution in [-0.4, -0.2) is 18.3 Å². The van der Waals surface area contributed by atoms with E-state index >= 15 is 0 Å². The van der Waals surface area contributed by atoms with Crippen molar-refractivity contribution in [3.8, 4) is 0 Å². The van der Waals surface area contributed by atoms with E-state index in [0.717, 1.165) is 11.3 Å².